The SMILES string of the molecule is Cl.Cl.O=C(NC1CCNC1)c1ccc(S(=O)(=O)Nc2ccncc2)cc1. The summed E-state index contributed by atoms with van der Waals surface area (Å²) in [7, 11) is -3.70. The molecular weight excluding hydrogens is 399 g/mol. The Kier molecular flexibility index (Phi) is 8.29. The molecule has 1 atom stereocenters. The lowest BCUT2D eigenvalue weighted by Gasteiger charge is -2.12. The van der Waals surface area contributed by atoms with Gasteiger partial charge in [-0.3, -0.25) is 14.5 Å². The Bertz CT molecular complexity index is 811. The molecule has 0 bridgehead atoms. The van der Waals surface area contributed by atoms with Crippen molar-refractivity contribution in [1.29, 1.82) is 0 Å². The minimum absolute atomic E-state index is 0. The molecule has 0 aliphatic carbocycles. The maximum absolute atomic E-state index is 12.3. The third-order valence-corrected chi connectivity index (χ3v) is 5.15. The van der Waals surface area contributed by atoms with E-state index in [0.717, 1.165) is 19.5 Å². The second-order valence-electron chi connectivity index (χ2n) is 5.53. The molecule has 142 valence electrons. The first-order valence-corrected chi connectivity index (χ1v) is 9.07. The molecule has 1 aromatic carbocycles. The number of aromatic nitrogens is 1. The normalized spacial score (nSPS) is 16.1. The van der Waals surface area contributed by atoms with Crippen molar-refractivity contribution in [2.45, 2.75) is 17.4 Å². The number of carbonyl (C=O) groups is 1. The molecule has 7 nitrogen and oxygen atoms in total. The van der Waals surface area contributed by atoms with Gasteiger partial charge in [0.05, 0.1) is 10.6 Å². The Labute approximate surface area is 164 Å². The van der Waals surface area contributed by atoms with Gasteiger partial charge in [-0.15, -0.1) is 24.8 Å². The Morgan fingerprint density at radius 3 is 2.31 bits per heavy atom. The predicted octanol–water partition coefficient (Wildman–Crippen LogP) is 1.82. The lowest BCUT2D eigenvalue weighted by Crippen LogP contribution is -2.36. The molecule has 1 unspecified atom stereocenters. The Balaban J connectivity index is 0.00000169. The van der Waals surface area contributed by atoms with E-state index < -0.39 is 10.0 Å². The highest BCUT2D eigenvalue weighted by molar-refractivity contribution is 7.92. The van der Waals surface area contributed by atoms with Gasteiger partial charge in [-0.2, -0.15) is 0 Å². The zero-order chi connectivity index (χ0) is 17.0. The van der Waals surface area contributed by atoms with Crippen molar-refractivity contribution in [3.05, 3.63) is 54.4 Å². The molecule has 1 aromatic heterocycles. The van der Waals surface area contributed by atoms with Gasteiger partial charge in [0.15, 0.2) is 0 Å². The summed E-state index contributed by atoms with van der Waals surface area (Å²) in [5.41, 5.74) is 0.866. The van der Waals surface area contributed by atoms with Crippen LogP contribution in [0.2, 0.25) is 0 Å². The number of sulfonamides is 1. The molecular formula is C16H20Cl2N4O3S. The molecule has 1 saturated heterocycles. The second kappa shape index (κ2) is 9.72. The van der Waals surface area contributed by atoms with E-state index >= 15 is 0 Å². The summed E-state index contributed by atoms with van der Waals surface area (Å²) in [6, 6.07) is 9.12. The number of nitrogens with zero attached hydrogens (tertiary/aromatic N) is 1. The highest BCUT2D eigenvalue weighted by Crippen LogP contribution is 2.16. The largest absolute Gasteiger partial charge is 0.348 e. The molecule has 1 aliphatic heterocycles. The molecule has 3 rings (SSSR count). The van der Waals surface area contributed by atoms with E-state index in [4.69, 9.17) is 0 Å². The molecule has 26 heavy (non-hydrogen) atoms. The molecule has 0 saturated carbocycles. The van der Waals surface area contributed by atoms with Gasteiger partial charge in [0.25, 0.3) is 15.9 Å². The maximum Gasteiger partial charge on any atom is 0.261 e. The minimum atomic E-state index is -3.70. The van der Waals surface area contributed by atoms with Gasteiger partial charge in [0.1, 0.15) is 0 Å². The predicted molar refractivity (Wildman–Crippen MR) is 105 cm³/mol. The van der Waals surface area contributed by atoms with Crippen LogP contribution < -0.4 is 15.4 Å². The lowest BCUT2D eigenvalue weighted by molar-refractivity contribution is 0.0940. The molecule has 2 aromatic rings. The van der Waals surface area contributed by atoms with E-state index in [9.17, 15) is 13.2 Å². The van der Waals surface area contributed by atoms with Crippen molar-refractivity contribution in [3.63, 3.8) is 0 Å². The smallest absolute Gasteiger partial charge is 0.261 e. The molecule has 0 radical (unpaired) electrons. The Hall–Kier alpha value is -1.87. The summed E-state index contributed by atoms with van der Waals surface area (Å²) in [6.45, 7) is 1.65. The number of halogens is 2. The lowest BCUT2D eigenvalue weighted by atomic mass is 10.2. The van der Waals surface area contributed by atoms with Crippen molar-refractivity contribution in [1.82, 2.24) is 15.6 Å². The van der Waals surface area contributed by atoms with E-state index in [0.29, 0.717) is 11.3 Å². The number of benzene rings is 1. The van der Waals surface area contributed by atoms with Crippen LogP contribution in [0.5, 0.6) is 0 Å². The van der Waals surface area contributed by atoms with Crippen LogP contribution in [0, 0.1) is 0 Å². The molecule has 1 aliphatic rings. The molecule has 1 amide bonds. The zero-order valence-corrected chi connectivity index (χ0v) is 16.2. The Morgan fingerprint density at radius 1 is 1.08 bits per heavy atom. The van der Waals surface area contributed by atoms with Crippen LogP contribution >= 0.6 is 24.8 Å². The van der Waals surface area contributed by atoms with E-state index in [1.807, 2.05) is 0 Å². The van der Waals surface area contributed by atoms with Gasteiger partial charge in [0.2, 0.25) is 0 Å². The van der Waals surface area contributed by atoms with Crippen molar-refractivity contribution in [3.8, 4) is 0 Å². The number of hydrogen-bond acceptors (Lipinski definition) is 5. The average molecular weight is 419 g/mol. The van der Waals surface area contributed by atoms with Gasteiger partial charge in [-0.05, 0) is 49.4 Å². The first-order valence-electron chi connectivity index (χ1n) is 7.59. The van der Waals surface area contributed by atoms with Crippen LogP contribution in [0.15, 0.2) is 53.7 Å². The summed E-state index contributed by atoms with van der Waals surface area (Å²) < 4.78 is 27.1. The van der Waals surface area contributed by atoms with Crippen molar-refractivity contribution >= 4 is 46.4 Å². The van der Waals surface area contributed by atoms with E-state index in [1.54, 1.807) is 12.1 Å². The molecule has 1 fully saturated rings. The van der Waals surface area contributed by atoms with Crippen LogP contribution in [0.25, 0.3) is 0 Å². The van der Waals surface area contributed by atoms with Crippen LogP contribution in [-0.2, 0) is 10.0 Å². The first kappa shape index (κ1) is 22.2. The Morgan fingerprint density at radius 2 is 1.73 bits per heavy atom. The average Bonchev–Trinajstić information content (AvgIpc) is 3.08. The summed E-state index contributed by atoms with van der Waals surface area (Å²) in [5.74, 6) is -0.199. The number of nitrogens with one attached hydrogen (secondary N) is 3. The van der Waals surface area contributed by atoms with Gasteiger partial charge >= 0.3 is 0 Å². The highest BCUT2D eigenvalue weighted by Gasteiger charge is 2.19. The second-order valence-corrected chi connectivity index (χ2v) is 7.21. The quantitative estimate of drug-likeness (QED) is 0.687. The van der Waals surface area contributed by atoms with Crippen LogP contribution in [0.1, 0.15) is 16.8 Å². The summed E-state index contributed by atoms with van der Waals surface area (Å²) >= 11 is 0. The zero-order valence-electron chi connectivity index (χ0n) is 13.7. The monoisotopic (exact) mass is 418 g/mol. The molecule has 0 spiro atoms. The van der Waals surface area contributed by atoms with Crippen molar-refractivity contribution in [2.75, 3.05) is 17.8 Å². The van der Waals surface area contributed by atoms with Crippen LogP contribution in [0.4, 0.5) is 5.69 Å². The van der Waals surface area contributed by atoms with E-state index in [-0.39, 0.29) is 41.7 Å². The van der Waals surface area contributed by atoms with Gasteiger partial charge < -0.3 is 10.6 Å². The number of pyridine rings is 1. The maximum atomic E-state index is 12.3. The van der Waals surface area contributed by atoms with Crippen LogP contribution in [-0.4, -0.2) is 38.4 Å². The van der Waals surface area contributed by atoms with Gasteiger partial charge in [-0.1, -0.05) is 0 Å². The number of rotatable bonds is 5. The third kappa shape index (κ3) is 5.57. The van der Waals surface area contributed by atoms with Crippen molar-refractivity contribution < 1.29 is 13.2 Å². The number of carbonyl (C=O) groups excluding carboxylic acids is 1. The molecule has 10 heteroatoms. The standard InChI is InChI=1S/C16H18N4O3S.2ClH/c21-16(19-14-7-10-18-11-14)12-1-3-15(4-2-12)24(22,23)20-13-5-8-17-9-6-13;;/h1-6,8-9,14,18H,7,10-11H2,(H,17,20)(H,19,21);2*1H. The molecule has 3 N–H and O–H groups in total. The van der Waals surface area contributed by atoms with E-state index in [2.05, 4.69) is 20.3 Å². The molecule has 2 heterocycles. The topological polar surface area (TPSA) is 100 Å². The number of anilines is 1. The van der Waals surface area contributed by atoms with Crippen LogP contribution in [0.3, 0.4) is 0 Å². The number of amides is 1. The highest BCUT2D eigenvalue weighted by atomic mass is 35.5. The summed E-state index contributed by atoms with van der Waals surface area (Å²) in [5, 5.41) is 6.09. The van der Waals surface area contributed by atoms with Crippen molar-refractivity contribution in [2.24, 2.45) is 0 Å². The van der Waals surface area contributed by atoms with E-state index in [1.165, 1.54) is 36.7 Å². The van der Waals surface area contributed by atoms with Gasteiger partial charge in [0, 0.05) is 30.5 Å². The third-order valence-electron chi connectivity index (χ3n) is 3.75. The number of hydrogen-bond donors (Lipinski definition) is 3. The first-order chi connectivity index (χ1) is 11.5. The van der Waals surface area contributed by atoms with Gasteiger partial charge in [-0.25, -0.2) is 8.42 Å². The minimum Gasteiger partial charge on any atom is -0.348 e. The summed E-state index contributed by atoms with van der Waals surface area (Å²) in [6.07, 6.45) is 3.90. The fourth-order valence-corrected chi connectivity index (χ4v) is 3.52. The fraction of sp³-hybridized carbons (Fsp3) is 0.250. The fourth-order valence-electron chi connectivity index (χ4n) is 2.47. The summed E-state index contributed by atoms with van der Waals surface area (Å²) in [4.78, 5) is 16.1.